The molecule has 3 aromatic carbocycles. The number of para-hydroxylation sites is 2. The van der Waals surface area contributed by atoms with Gasteiger partial charge in [-0.3, -0.25) is 14.9 Å². The van der Waals surface area contributed by atoms with Gasteiger partial charge >= 0.3 is 0 Å². The molecule has 0 spiro atoms. The Hall–Kier alpha value is -4.26. The molecule has 0 unspecified atom stereocenters. The van der Waals surface area contributed by atoms with Crippen LogP contribution in [0.4, 0.5) is 11.4 Å². The summed E-state index contributed by atoms with van der Waals surface area (Å²) in [6.07, 6.45) is 2.90. The Kier molecular flexibility index (Phi) is 5.09. The highest BCUT2D eigenvalue weighted by Gasteiger charge is 2.09. The van der Waals surface area contributed by atoms with Crippen molar-refractivity contribution in [1.82, 2.24) is 9.97 Å². The minimum atomic E-state index is -0.468. The highest BCUT2D eigenvalue weighted by atomic mass is 16.6. The van der Waals surface area contributed by atoms with E-state index in [2.05, 4.69) is 15.3 Å². The Morgan fingerprint density at radius 3 is 2.73 bits per heavy atom. The van der Waals surface area contributed by atoms with Crippen LogP contribution >= 0.6 is 0 Å². The Morgan fingerprint density at radius 2 is 1.93 bits per heavy atom. The average molecular weight is 398 g/mol. The van der Waals surface area contributed by atoms with Crippen LogP contribution in [0.3, 0.4) is 0 Å². The van der Waals surface area contributed by atoms with Gasteiger partial charge in [0.1, 0.15) is 5.82 Å². The van der Waals surface area contributed by atoms with Crippen molar-refractivity contribution in [2.75, 3.05) is 5.32 Å². The molecular formula is C23H18N4O3. The number of carbonyl (C=O) groups excluding carboxylic acids is 1. The number of anilines is 1. The first-order valence-electron chi connectivity index (χ1n) is 9.29. The summed E-state index contributed by atoms with van der Waals surface area (Å²) in [7, 11) is 0. The Labute approximate surface area is 172 Å². The lowest BCUT2D eigenvalue weighted by molar-refractivity contribution is -0.384. The average Bonchev–Trinajstić information content (AvgIpc) is 3.18. The fraction of sp³-hybridized carbons (Fsp3) is 0.0435. The first-order valence-corrected chi connectivity index (χ1v) is 9.29. The molecule has 0 atom stereocenters. The maximum atomic E-state index is 12.4. The van der Waals surface area contributed by atoms with Crippen LogP contribution in [0.25, 0.3) is 28.5 Å². The molecule has 7 nitrogen and oxygen atoms in total. The second-order valence-corrected chi connectivity index (χ2v) is 6.81. The van der Waals surface area contributed by atoms with Crippen LogP contribution in [-0.4, -0.2) is 20.8 Å². The van der Waals surface area contributed by atoms with Crippen molar-refractivity contribution in [3.63, 3.8) is 0 Å². The van der Waals surface area contributed by atoms with E-state index in [0.29, 0.717) is 11.3 Å². The number of hydrogen-bond donors (Lipinski definition) is 2. The number of nitrogens with zero attached hydrogens (tertiary/aromatic N) is 2. The number of nitro groups is 1. The van der Waals surface area contributed by atoms with Crippen LogP contribution in [0.15, 0.2) is 72.8 Å². The number of aryl methyl sites for hydroxylation is 1. The largest absolute Gasteiger partial charge is 0.338 e. The van der Waals surface area contributed by atoms with Crippen LogP contribution in [-0.2, 0) is 4.79 Å². The number of carbonyl (C=O) groups is 1. The normalized spacial score (nSPS) is 11.1. The molecule has 2 N–H and O–H groups in total. The fourth-order valence-electron chi connectivity index (χ4n) is 3.08. The summed E-state index contributed by atoms with van der Waals surface area (Å²) in [6, 6.07) is 19.6. The van der Waals surface area contributed by atoms with Gasteiger partial charge in [0.2, 0.25) is 5.91 Å². The van der Waals surface area contributed by atoms with E-state index in [-0.39, 0.29) is 11.6 Å². The van der Waals surface area contributed by atoms with E-state index in [1.807, 2.05) is 49.4 Å². The molecule has 0 aliphatic carbocycles. The van der Waals surface area contributed by atoms with Crippen molar-refractivity contribution in [3.05, 3.63) is 94.0 Å². The van der Waals surface area contributed by atoms with E-state index >= 15 is 0 Å². The van der Waals surface area contributed by atoms with Crippen molar-refractivity contribution in [1.29, 1.82) is 0 Å². The number of aromatic nitrogens is 2. The number of amides is 1. The maximum Gasteiger partial charge on any atom is 0.270 e. The second kappa shape index (κ2) is 8.00. The van der Waals surface area contributed by atoms with Gasteiger partial charge in [0.15, 0.2) is 0 Å². The van der Waals surface area contributed by atoms with Gasteiger partial charge in [-0.1, -0.05) is 36.4 Å². The summed E-state index contributed by atoms with van der Waals surface area (Å²) >= 11 is 0. The van der Waals surface area contributed by atoms with E-state index in [9.17, 15) is 14.9 Å². The van der Waals surface area contributed by atoms with E-state index in [0.717, 1.165) is 28.0 Å². The number of aromatic amines is 1. The van der Waals surface area contributed by atoms with E-state index in [1.165, 1.54) is 18.2 Å². The summed E-state index contributed by atoms with van der Waals surface area (Å²) in [4.78, 5) is 30.7. The predicted octanol–water partition coefficient (Wildman–Crippen LogP) is 5.10. The molecule has 0 bridgehead atoms. The Morgan fingerprint density at radius 1 is 1.10 bits per heavy atom. The Balaban J connectivity index is 1.54. The molecule has 30 heavy (non-hydrogen) atoms. The lowest BCUT2D eigenvalue weighted by atomic mass is 10.1. The minimum Gasteiger partial charge on any atom is -0.338 e. The smallest absolute Gasteiger partial charge is 0.270 e. The molecule has 1 heterocycles. The third-order valence-corrected chi connectivity index (χ3v) is 4.67. The first kappa shape index (κ1) is 19.1. The molecule has 1 aromatic heterocycles. The molecule has 0 aliphatic heterocycles. The third kappa shape index (κ3) is 4.10. The van der Waals surface area contributed by atoms with Crippen molar-refractivity contribution in [3.8, 4) is 11.4 Å². The lowest BCUT2D eigenvalue weighted by Gasteiger charge is -2.08. The van der Waals surface area contributed by atoms with Gasteiger partial charge in [0, 0.05) is 29.5 Å². The molecule has 148 valence electrons. The number of rotatable bonds is 5. The fourth-order valence-corrected chi connectivity index (χ4v) is 3.08. The van der Waals surface area contributed by atoms with Crippen molar-refractivity contribution in [2.24, 2.45) is 0 Å². The summed E-state index contributed by atoms with van der Waals surface area (Å²) in [5.74, 6) is 0.394. The second-order valence-electron chi connectivity index (χ2n) is 6.81. The van der Waals surface area contributed by atoms with E-state index in [1.54, 1.807) is 18.2 Å². The van der Waals surface area contributed by atoms with E-state index < -0.39 is 4.92 Å². The highest BCUT2D eigenvalue weighted by molar-refractivity contribution is 6.02. The number of hydrogen-bond acceptors (Lipinski definition) is 4. The van der Waals surface area contributed by atoms with E-state index in [4.69, 9.17) is 0 Å². The number of nitrogens with one attached hydrogen (secondary N) is 2. The minimum absolute atomic E-state index is 0.0214. The quantitative estimate of drug-likeness (QED) is 0.277. The summed E-state index contributed by atoms with van der Waals surface area (Å²) in [5, 5.41) is 13.7. The molecule has 0 radical (unpaired) electrons. The van der Waals surface area contributed by atoms with Crippen LogP contribution < -0.4 is 5.32 Å². The van der Waals surface area contributed by atoms with Gasteiger partial charge in [-0.2, -0.15) is 0 Å². The summed E-state index contributed by atoms with van der Waals surface area (Å²) < 4.78 is 0. The number of non-ortho nitro benzene ring substituents is 1. The highest BCUT2D eigenvalue weighted by Crippen LogP contribution is 2.25. The van der Waals surface area contributed by atoms with Gasteiger partial charge in [-0.05, 0) is 42.3 Å². The zero-order chi connectivity index (χ0) is 21.1. The van der Waals surface area contributed by atoms with Crippen LogP contribution in [0, 0.1) is 17.0 Å². The maximum absolute atomic E-state index is 12.4. The molecule has 0 aliphatic rings. The van der Waals surface area contributed by atoms with Crippen LogP contribution in [0.1, 0.15) is 11.1 Å². The molecule has 7 heteroatoms. The monoisotopic (exact) mass is 398 g/mol. The molecule has 4 rings (SSSR count). The zero-order valence-corrected chi connectivity index (χ0v) is 16.1. The number of H-pyrrole nitrogens is 1. The van der Waals surface area contributed by atoms with Gasteiger partial charge in [-0.25, -0.2) is 4.98 Å². The number of fused-ring (bicyclic) bond motifs is 1. The standard InChI is InChI=1S/C23H18N4O3/c1-15-9-11-17(23-25-19-7-2-3-8-20(19)26-23)14-21(15)24-22(28)12-10-16-5-4-6-18(13-16)27(29)30/h2-14H,1H3,(H,24,28)(H,25,26)/b12-10+. The van der Waals surface area contributed by atoms with Gasteiger partial charge < -0.3 is 10.3 Å². The molecule has 0 fully saturated rings. The summed E-state index contributed by atoms with van der Waals surface area (Å²) in [5.41, 5.74) is 4.81. The Bertz CT molecular complexity index is 1260. The lowest BCUT2D eigenvalue weighted by Crippen LogP contribution is -2.09. The van der Waals surface area contributed by atoms with Crippen molar-refractivity contribution < 1.29 is 9.72 Å². The van der Waals surface area contributed by atoms with Crippen molar-refractivity contribution in [2.45, 2.75) is 6.92 Å². The zero-order valence-electron chi connectivity index (χ0n) is 16.1. The summed E-state index contributed by atoms with van der Waals surface area (Å²) in [6.45, 7) is 1.91. The van der Waals surface area contributed by atoms with Gasteiger partial charge in [-0.15, -0.1) is 0 Å². The number of benzene rings is 3. The van der Waals surface area contributed by atoms with Crippen molar-refractivity contribution >= 4 is 34.4 Å². The molecule has 0 saturated carbocycles. The van der Waals surface area contributed by atoms with Gasteiger partial charge in [0.25, 0.3) is 5.69 Å². The topological polar surface area (TPSA) is 101 Å². The van der Waals surface area contributed by atoms with Crippen LogP contribution in [0.5, 0.6) is 0 Å². The molecule has 1 amide bonds. The SMILES string of the molecule is Cc1ccc(-c2nc3ccccc3[nH]2)cc1NC(=O)/C=C/c1cccc([N+](=O)[O-])c1. The molecule has 0 saturated heterocycles. The first-order chi connectivity index (χ1) is 14.5. The van der Waals surface area contributed by atoms with Crippen LogP contribution in [0.2, 0.25) is 0 Å². The number of imidazole rings is 1. The predicted molar refractivity (Wildman–Crippen MR) is 117 cm³/mol. The number of nitro benzene ring substituents is 1. The third-order valence-electron chi connectivity index (χ3n) is 4.67. The molecular weight excluding hydrogens is 380 g/mol. The van der Waals surface area contributed by atoms with Gasteiger partial charge in [0.05, 0.1) is 16.0 Å². The molecule has 4 aromatic rings.